The van der Waals surface area contributed by atoms with E-state index in [1.54, 1.807) is 6.92 Å². The topological polar surface area (TPSA) is 75.4 Å². The molecular weight excluding hydrogens is 156 g/mol. The SMILES string of the molecule is CC(N)CC(=O)NC(C)CCO. The molecule has 0 heterocycles. The maximum Gasteiger partial charge on any atom is 0.221 e. The monoisotopic (exact) mass is 174 g/mol. The van der Waals surface area contributed by atoms with E-state index in [0.717, 1.165) is 0 Å². The van der Waals surface area contributed by atoms with E-state index in [1.165, 1.54) is 0 Å². The molecule has 0 aliphatic heterocycles. The number of aliphatic hydroxyl groups is 1. The van der Waals surface area contributed by atoms with Crippen molar-refractivity contribution in [1.82, 2.24) is 5.32 Å². The first-order valence-electron chi connectivity index (χ1n) is 4.22. The largest absolute Gasteiger partial charge is 0.396 e. The normalized spacial score (nSPS) is 15.3. The molecule has 0 aromatic heterocycles. The summed E-state index contributed by atoms with van der Waals surface area (Å²) in [7, 11) is 0. The first-order valence-corrected chi connectivity index (χ1v) is 4.22. The summed E-state index contributed by atoms with van der Waals surface area (Å²) < 4.78 is 0. The average Bonchev–Trinajstić information content (AvgIpc) is 1.84. The molecule has 2 atom stereocenters. The Morgan fingerprint density at radius 1 is 1.58 bits per heavy atom. The van der Waals surface area contributed by atoms with Gasteiger partial charge in [0.05, 0.1) is 0 Å². The summed E-state index contributed by atoms with van der Waals surface area (Å²) in [6.45, 7) is 3.74. The van der Waals surface area contributed by atoms with Gasteiger partial charge >= 0.3 is 0 Å². The van der Waals surface area contributed by atoms with Gasteiger partial charge in [-0.3, -0.25) is 4.79 Å². The Kier molecular flexibility index (Phi) is 5.66. The van der Waals surface area contributed by atoms with Gasteiger partial charge in [0.1, 0.15) is 0 Å². The predicted molar refractivity (Wildman–Crippen MR) is 47.6 cm³/mol. The molecule has 2 unspecified atom stereocenters. The van der Waals surface area contributed by atoms with Crippen LogP contribution in [0, 0.1) is 0 Å². The molecule has 0 aromatic carbocycles. The van der Waals surface area contributed by atoms with Crippen LogP contribution in [0.15, 0.2) is 0 Å². The van der Waals surface area contributed by atoms with Gasteiger partial charge in [0.2, 0.25) is 5.91 Å². The minimum atomic E-state index is -0.105. The van der Waals surface area contributed by atoms with Crippen LogP contribution in [0.1, 0.15) is 26.7 Å². The highest BCUT2D eigenvalue weighted by Gasteiger charge is 2.07. The molecule has 0 fully saturated rings. The molecule has 72 valence electrons. The van der Waals surface area contributed by atoms with E-state index in [4.69, 9.17) is 10.8 Å². The van der Waals surface area contributed by atoms with Crippen LogP contribution in [0.5, 0.6) is 0 Å². The Balaban J connectivity index is 3.54. The summed E-state index contributed by atoms with van der Waals surface area (Å²) in [5, 5.41) is 11.3. The van der Waals surface area contributed by atoms with Crippen LogP contribution >= 0.6 is 0 Å². The van der Waals surface area contributed by atoms with Crippen molar-refractivity contribution in [2.45, 2.75) is 38.8 Å². The molecule has 0 rings (SSSR count). The molecule has 0 aliphatic carbocycles. The third-order valence-corrected chi connectivity index (χ3v) is 1.48. The summed E-state index contributed by atoms with van der Waals surface area (Å²) in [5.74, 6) is -0.0500. The second-order valence-electron chi connectivity index (χ2n) is 3.16. The number of amides is 1. The molecule has 0 bridgehead atoms. The molecule has 0 radical (unpaired) electrons. The molecule has 4 heteroatoms. The summed E-state index contributed by atoms with van der Waals surface area (Å²) in [5.41, 5.74) is 5.43. The lowest BCUT2D eigenvalue weighted by molar-refractivity contribution is -0.122. The zero-order valence-electron chi connectivity index (χ0n) is 7.71. The van der Waals surface area contributed by atoms with Crippen molar-refractivity contribution >= 4 is 5.91 Å². The van der Waals surface area contributed by atoms with Crippen LogP contribution in [0.2, 0.25) is 0 Å². The fraction of sp³-hybridized carbons (Fsp3) is 0.875. The highest BCUT2D eigenvalue weighted by atomic mass is 16.3. The van der Waals surface area contributed by atoms with Crippen LogP contribution < -0.4 is 11.1 Å². The number of nitrogens with one attached hydrogen (secondary N) is 1. The van der Waals surface area contributed by atoms with Crippen LogP contribution in [0.4, 0.5) is 0 Å². The number of carbonyl (C=O) groups excluding carboxylic acids is 1. The van der Waals surface area contributed by atoms with Crippen LogP contribution in [-0.4, -0.2) is 29.7 Å². The Morgan fingerprint density at radius 3 is 2.58 bits per heavy atom. The van der Waals surface area contributed by atoms with Crippen molar-refractivity contribution in [2.75, 3.05) is 6.61 Å². The van der Waals surface area contributed by atoms with Gasteiger partial charge in [-0.25, -0.2) is 0 Å². The van der Waals surface area contributed by atoms with Crippen molar-refractivity contribution in [1.29, 1.82) is 0 Å². The average molecular weight is 174 g/mol. The van der Waals surface area contributed by atoms with Crippen LogP contribution in [0.3, 0.4) is 0 Å². The molecule has 0 saturated heterocycles. The number of hydrogen-bond acceptors (Lipinski definition) is 3. The highest BCUT2D eigenvalue weighted by molar-refractivity contribution is 5.76. The zero-order chi connectivity index (χ0) is 9.56. The number of nitrogens with two attached hydrogens (primary N) is 1. The molecule has 4 nitrogen and oxygen atoms in total. The van der Waals surface area contributed by atoms with Gasteiger partial charge in [0.25, 0.3) is 0 Å². The Hall–Kier alpha value is -0.610. The molecule has 0 aromatic rings. The maximum atomic E-state index is 11.1. The van der Waals surface area contributed by atoms with Crippen molar-refractivity contribution < 1.29 is 9.90 Å². The molecule has 12 heavy (non-hydrogen) atoms. The van der Waals surface area contributed by atoms with E-state index in [0.29, 0.717) is 12.8 Å². The second kappa shape index (κ2) is 5.97. The minimum Gasteiger partial charge on any atom is -0.396 e. The fourth-order valence-corrected chi connectivity index (χ4v) is 0.892. The first-order chi connectivity index (χ1) is 5.56. The highest BCUT2D eigenvalue weighted by Crippen LogP contribution is 1.91. The van der Waals surface area contributed by atoms with E-state index in [2.05, 4.69) is 5.32 Å². The Labute approximate surface area is 73.1 Å². The Bertz CT molecular complexity index is 137. The minimum absolute atomic E-state index is 0.0289. The van der Waals surface area contributed by atoms with Crippen molar-refractivity contribution in [3.8, 4) is 0 Å². The standard InChI is InChI=1S/C8H18N2O2/c1-6(9)5-8(12)10-7(2)3-4-11/h6-7,11H,3-5,9H2,1-2H3,(H,10,12). The molecule has 4 N–H and O–H groups in total. The van der Waals surface area contributed by atoms with Gasteiger partial charge in [-0.1, -0.05) is 0 Å². The lowest BCUT2D eigenvalue weighted by Crippen LogP contribution is -2.36. The number of aliphatic hydroxyl groups excluding tert-OH is 1. The maximum absolute atomic E-state index is 11.1. The van der Waals surface area contributed by atoms with Crippen molar-refractivity contribution in [2.24, 2.45) is 5.73 Å². The van der Waals surface area contributed by atoms with Gasteiger partial charge in [0.15, 0.2) is 0 Å². The van der Waals surface area contributed by atoms with Gasteiger partial charge in [-0.15, -0.1) is 0 Å². The van der Waals surface area contributed by atoms with E-state index in [1.807, 2.05) is 6.92 Å². The number of hydrogen-bond donors (Lipinski definition) is 3. The number of carbonyl (C=O) groups is 1. The van der Waals surface area contributed by atoms with Gasteiger partial charge in [0, 0.05) is 25.1 Å². The number of rotatable bonds is 5. The molecule has 0 spiro atoms. The smallest absolute Gasteiger partial charge is 0.221 e. The van der Waals surface area contributed by atoms with E-state index in [9.17, 15) is 4.79 Å². The van der Waals surface area contributed by atoms with Crippen molar-refractivity contribution in [3.05, 3.63) is 0 Å². The molecule has 0 aliphatic rings. The van der Waals surface area contributed by atoms with Gasteiger partial charge in [-0.2, -0.15) is 0 Å². The van der Waals surface area contributed by atoms with E-state index < -0.39 is 0 Å². The zero-order valence-corrected chi connectivity index (χ0v) is 7.71. The van der Waals surface area contributed by atoms with Gasteiger partial charge < -0.3 is 16.2 Å². The second-order valence-corrected chi connectivity index (χ2v) is 3.16. The molecular formula is C8H18N2O2. The summed E-state index contributed by atoms with van der Waals surface area (Å²) in [6.07, 6.45) is 0.931. The van der Waals surface area contributed by atoms with E-state index in [-0.39, 0.29) is 24.6 Å². The van der Waals surface area contributed by atoms with Crippen LogP contribution in [-0.2, 0) is 4.79 Å². The van der Waals surface area contributed by atoms with Crippen molar-refractivity contribution in [3.63, 3.8) is 0 Å². The summed E-state index contributed by atoms with van der Waals surface area (Å²) >= 11 is 0. The Morgan fingerprint density at radius 2 is 2.17 bits per heavy atom. The lowest BCUT2D eigenvalue weighted by Gasteiger charge is -2.13. The lowest BCUT2D eigenvalue weighted by atomic mass is 10.2. The summed E-state index contributed by atoms with van der Waals surface area (Å²) in [6, 6.07) is -0.0763. The first kappa shape index (κ1) is 11.4. The summed E-state index contributed by atoms with van der Waals surface area (Å²) in [4.78, 5) is 11.1. The van der Waals surface area contributed by atoms with E-state index >= 15 is 0 Å². The third-order valence-electron chi connectivity index (χ3n) is 1.48. The van der Waals surface area contributed by atoms with Crippen LogP contribution in [0.25, 0.3) is 0 Å². The fourth-order valence-electron chi connectivity index (χ4n) is 0.892. The predicted octanol–water partition coefficient (Wildman–Crippen LogP) is -0.389. The molecule has 1 amide bonds. The van der Waals surface area contributed by atoms with Gasteiger partial charge in [-0.05, 0) is 20.3 Å². The molecule has 0 saturated carbocycles. The third kappa shape index (κ3) is 6.12. The quantitative estimate of drug-likeness (QED) is 0.531.